The van der Waals surface area contributed by atoms with Gasteiger partial charge in [0.2, 0.25) is 0 Å². The number of rotatable bonds is 3. The Kier molecular flexibility index (Phi) is 3.34. The molecule has 0 radical (unpaired) electrons. The molecular weight excluding hydrogens is 172 g/mol. The summed E-state index contributed by atoms with van der Waals surface area (Å²) < 4.78 is 5.57. The zero-order valence-corrected chi connectivity index (χ0v) is 9.48. The molecule has 0 atom stereocenters. The van der Waals surface area contributed by atoms with E-state index in [0.717, 1.165) is 11.3 Å². The van der Waals surface area contributed by atoms with Crippen LogP contribution in [0.1, 0.15) is 30.5 Å². The highest BCUT2D eigenvalue weighted by Crippen LogP contribution is 2.27. The first kappa shape index (κ1) is 10.8. The van der Waals surface area contributed by atoms with Crippen molar-refractivity contribution >= 4 is 5.57 Å². The van der Waals surface area contributed by atoms with Crippen LogP contribution in [0.15, 0.2) is 18.7 Å². The van der Waals surface area contributed by atoms with E-state index < -0.39 is 0 Å². The monoisotopic (exact) mass is 190 g/mol. The van der Waals surface area contributed by atoms with Crippen LogP contribution < -0.4 is 4.74 Å². The van der Waals surface area contributed by atoms with Gasteiger partial charge in [-0.15, -0.1) is 0 Å². The van der Waals surface area contributed by atoms with Gasteiger partial charge in [-0.1, -0.05) is 12.2 Å². The fourth-order valence-corrected chi connectivity index (χ4v) is 1.57. The number of benzene rings is 1. The molecule has 0 aliphatic carbocycles. The van der Waals surface area contributed by atoms with Crippen LogP contribution in [0.25, 0.3) is 5.57 Å². The lowest BCUT2D eigenvalue weighted by Gasteiger charge is -2.12. The highest BCUT2D eigenvalue weighted by molar-refractivity contribution is 5.64. The molecule has 0 saturated carbocycles. The second-order valence-corrected chi connectivity index (χ2v) is 3.65. The van der Waals surface area contributed by atoms with Crippen molar-refractivity contribution in [2.75, 3.05) is 6.61 Å². The van der Waals surface area contributed by atoms with Crippen LogP contribution in [0, 0.1) is 13.8 Å². The molecule has 0 aliphatic rings. The number of allylic oxidation sites excluding steroid dienone is 1. The average molecular weight is 190 g/mol. The van der Waals surface area contributed by atoms with Crippen LogP contribution in [0.3, 0.4) is 0 Å². The van der Waals surface area contributed by atoms with Crippen LogP contribution in [0.5, 0.6) is 5.75 Å². The molecule has 0 fully saturated rings. The van der Waals surface area contributed by atoms with E-state index in [0.29, 0.717) is 6.61 Å². The molecule has 0 spiro atoms. The summed E-state index contributed by atoms with van der Waals surface area (Å²) in [5, 5.41) is 0. The Balaban J connectivity index is 3.18. The molecule has 1 aromatic carbocycles. The molecule has 0 unspecified atom stereocenters. The number of aryl methyl sites for hydroxylation is 2. The Morgan fingerprint density at radius 1 is 1.29 bits per heavy atom. The molecule has 14 heavy (non-hydrogen) atoms. The summed E-state index contributed by atoms with van der Waals surface area (Å²) in [4.78, 5) is 0. The van der Waals surface area contributed by atoms with E-state index in [4.69, 9.17) is 4.74 Å². The highest BCUT2D eigenvalue weighted by Gasteiger charge is 2.05. The zero-order valence-electron chi connectivity index (χ0n) is 9.48. The Bertz CT molecular complexity index is 327. The van der Waals surface area contributed by atoms with Gasteiger partial charge in [0.05, 0.1) is 6.61 Å². The summed E-state index contributed by atoms with van der Waals surface area (Å²) in [7, 11) is 0. The first-order valence-electron chi connectivity index (χ1n) is 4.96. The summed E-state index contributed by atoms with van der Waals surface area (Å²) in [5.41, 5.74) is 4.66. The van der Waals surface area contributed by atoms with Crippen LogP contribution in [0.2, 0.25) is 0 Å². The lowest BCUT2D eigenvalue weighted by molar-refractivity contribution is 0.335. The van der Waals surface area contributed by atoms with Gasteiger partial charge in [0, 0.05) is 0 Å². The number of hydrogen-bond acceptors (Lipinski definition) is 1. The van der Waals surface area contributed by atoms with Crippen molar-refractivity contribution in [2.45, 2.75) is 27.7 Å². The summed E-state index contributed by atoms with van der Waals surface area (Å²) in [6.45, 7) is 12.8. The molecule has 76 valence electrons. The number of hydrogen-bond donors (Lipinski definition) is 0. The summed E-state index contributed by atoms with van der Waals surface area (Å²) >= 11 is 0. The smallest absolute Gasteiger partial charge is 0.125 e. The second-order valence-electron chi connectivity index (χ2n) is 3.65. The fourth-order valence-electron chi connectivity index (χ4n) is 1.57. The molecule has 1 rings (SSSR count). The maximum atomic E-state index is 5.57. The fraction of sp³-hybridized carbons (Fsp3) is 0.385. The normalized spacial score (nSPS) is 10.0. The zero-order chi connectivity index (χ0) is 10.7. The van der Waals surface area contributed by atoms with Gasteiger partial charge >= 0.3 is 0 Å². The Morgan fingerprint density at radius 2 is 1.79 bits per heavy atom. The topological polar surface area (TPSA) is 9.23 Å². The van der Waals surface area contributed by atoms with Crippen LogP contribution in [-0.2, 0) is 0 Å². The van der Waals surface area contributed by atoms with E-state index in [2.05, 4.69) is 32.6 Å². The van der Waals surface area contributed by atoms with Crippen LogP contribution in [0.4, 0.5) is 0 Å². The first-order chi connectivity index (χ1) is 6.56. The summed E-state index contributed by atoms with van der Waals surface area (Å²) in [5.74, 6) is 1.01. The van der Waals surface area contributed by atoms with E-state index in [-0.39, 0.29) is 0 Å². The third-order valence-electron chi connectivity index (χ3n) is 2.24. The van der Waals surface area contributed by atoms with Crippen molar-refractivity contribution in [2.24, 2.45) is 0 Å². The average Bonchev–Trinajstić information content (AvgIpc) is 2.10. The third-order valence-corrected chi connectivity index (χ3v) is 2.24. The Morgan fingerprint density at radius 3 is 2.14 bits per heavy atom. The molecule has 0 aliphatic heterocycles. The van der Waals surface area contributed by atoms with Gasteiger partial charge < -0.3 is 4.74 Å². The maximum absolute atomic E-state index is 5.57. The highest BCUT2D eigenvalue weighted by atomic mass is 16.5. The van der Waals surface area contributed by atoms with E-state index in [1.807, 2.05) is 13.8 Å². The lowest BCUT2D eigenvalue weighted by atomic mass is 10.0. The lowest BCUT2D eigenvalue weighted by Crippen LogP contribution is -1.97. The second kappa shape index (κ2) is 4.32. The van der Waals surface area contributed by atoms with Crippen LogP contribution in [-0.4, -0.2) is 6.61 Å². The molecule has 0 amide bonds. The third kappa shape index (κ3) is 2.16. The van der Waals surface area contributed by atoms with Crippen molar-refractivity contribution in [3.8, 4) is 5.75 Å². The Hall–Kier alpha value is -1.24. The largest absolute Gasteiger partial charge is 0.493 e. The van der Waals surface area contributed by atoms with Gasteiger partial charge in [0.15, 0.2) is 0 Å². The van der Waals surface area contributed by atoms with Gasteiger partial charge in [-0.25, -0.2) is 0 Å². The van der Waals surface area contributed by atoms with Gasteiger partial charge in [0.25, 0.3) is 0 Å². The van der Waals surface area contributed by atoms with E-state index in [1.165, 1.54) is 16.7 Å². The van der Waals surface area contributed by atoms with E-state index in [9.17, 15) is 0 Å². The van der Waals surface area contributed by atoms with E-state index >= 15 is 0 Å². The maximum Gasteiger partial charge on any atom is 0.125 e. The summed E-state index contributed by atoms with van der Waals surface area (Å²) in [6.07, 6.45) is 0. The van der Waals surface area contributed by atoms with Crippen molar-refractivity contribution in [3.63, 3.8) is 0 Å². The minimum Gasteiger partial charge on any atom is -0.493 e. The SMILES string of the molecule is C=C(C)c1cc(C)c(OCC)c(C)c1. The molecule has 0 heterocycles. The Labute approximate surface area is 86.4 Å². The standard InChI is InChI=1S/C13H18O/c1-6-14-13-10(4)7-12(9(2)3)8-11(13)5/h7-8H,2,6H2,1,3-5H3. The van der Waals surface area contributed by atoms with Crippen molar-refractivity contribution in [1.29, 1.82) is 0 Å². The molecule has 0 N–H and O–H groups in total. The van der Waals surface area contributed by atoms with E-state index in [1.54, 1.807) is 0 Å². The molecule has 1 nitrogen and oxygen atoms in total. The predicted octanol–water partition coefficient (Wildman–Crippen LogP) is 3.74. The molecule has 1 heteroatoms. The van der Waals surface area contributed by atoms with Gasteiger partial charge in [-0.05, 0) is 56.5 Å². The van der Waals surface area contributed by atoms with Gasteiger partial charge in [-0.2, -0.15) is 0 Å². The molecular formula is C13H18O. The molecule has 1 aromatic rings. The van der Waals surface area contributed by atoms with Crippen molar-refractivity contribution in [3.05, 3.63) is 35.4 Å². The van der Waals surface area contributed by atoms with Gasteiger partial charge in [0.1, 0.15) is 5.75 Å². The minimum atomic E-state index is 0.716. The molecule has 0 aromatic heterocycles. The van der Waals surface area contributed by atoms with Crippen LogP contribution >= 0.6 is 0 Å². The van der Waals surface area contributed by atoms with Crippen molar-refractivity contribution < 1.29 is 4.74 Å². The molecule has 0 bridgehead atoms. The predicted molar refractivity (Wildman–Crippen MR) is 61.8 cm³/mol. The van der Waals surface area contributed by atoms with Gasteiger partial charge in [-0.3, -0.25) is 0 Å². The quantitative estimate of drug-likeness (QED) is 0.705. The molecule has 0 saturated heterocycles. The summed E-state index contributed by atoms with van der Waals surface area (Å²) in [6, 6.07) is 4.25. The number of ether oxygens (including phenoxy) is 1. The first-order valence-corrected chi connectivity index (χ1v) is 4.96. The van der Waals surface area contributed by atoms with Crippen molar-refractivity contribution in [1.82, 2.24) is 0 Å². The minimum absolute atomic E-state index is 0.716.